The van der Waals surface area contributed by atoms with Crippen molar-refractivity contribution in [3.05, 3.63) is 12.3 Å². The predicted octanol–water partition coefficient (Wildman–Crippen LogP) is 1.09. The monoisotopic (exact) mass is 95.1 g/mol. The Morgan fingerprint density at radius 2 is 2.29 bits per heavy atom. The maximum Gasteiger partial charge on any atom is 0.237 e. The van der Waals surface area contributed by atoms with Crippen LogP contribution in [0, 0.1) is 0 Å². The second-order valence-corrected chi connectivity index (χ2v) is 1.65. The minimum atomic E-state index is 1.15. The van der Waals surface area contributed by atoms with E-state index in [0.29, 0.717) is 0 Å². The lowest BCUT2D eigenvalue weighted by atomic mass is 10.3. The molecule has 0 aromatic heterocycles. The number of hydrogen-bond acceptors (Lipinski definition) is 1. The van der Waals surface area contributed by atoms with Gasteiger partial charge in [0.15, 0.2) is 0 Å². The summed E-state index contributed by atoms with van der Waals surface area (Å²) in [7, 11) is 0. The molecule has 0 bridgehead atoms. The highest BCUT2D eigenvalue weighted by Gasteiger charge is 1.91. The van der Waals surface area contributed by atoms with Crippen molar-refractivity contribution in [2.75, 3.05) is 0 Å². The van der Waals surface area contributed by atoms with Crippen LogP contribution >= 0.6 is 0 Å². The molecule has 37 valence electrons. The van der Waals surface area contributed by atoms with Crippen LogP contribution in [0.15, 0.2) is 12.3 Å². The standard InChI is InChI=1S/C6H9N/c1-2-4-6-7-5-3-1/h3,5-6H,1-2,4H2/q+1. The number of rotatable bonds is 0. The average Bonchev–Trinajstić information content (AvgIpc) is 1.90. The third-order valence-corrected chi connectivity index (χ3v) is 1.00. The molecule has 0 saturated carbocycles. The van der Waals surface area contributed by atoms with Crippen molar-refractivity contribution in [3.63, 3.8) is 0 Å². The van der Waals surface area contributed by atoms with E-state index in [-0.39, 0.29) is 0 Å². The Morgan fingerprint density at radius 1 is 1.29 bits per heavy atom. The van der Waals surface area contributed by atoms with Gasteiger partial charge in [0.05, 0.1) is 0 Å². The molecule has 1 aliphatic heterocycles. The van der Waals surface area contributed by atoms with E-state index in [4.69, 9.17) is 0 Å². The van der Waals surface area contributed by atoms with Gasteiger partial charge in [-0.25, -0.2) is 0 Å². The number of nitrogens with zero attached hydrogens (tertiary/aromatic N) is 1. The van der Waals surface area contributed by atoms with Crippen molar-refractivity contribution in [1.82, 2.24) is 4.99 Å². The van der Waals surface area contributed by atoms with Crippen LogP contribution in [0.4, 0.5) is 0 Å². The Morgan fingerprint density at radius 3 is 3.29 bits per heavy atom. The summed E-state index contributed by atoms with van der Waals surface area (Å²) in [6.45, 7) is 0. The zero-order chi connectivity index (χ0) is 4.95. The second kappa shape index (κ2) is 2.56. The quantitative estimate of drug-likeness (QED) is 0.427. The molecule has 0 aromatic rings. The molecule has 1 aliphatic rings. The largest absolute Gasteiger partial charge is 0.237 e. The summed E-state index contributed by atoms with van der Waals surface area (Å²) < 4.78 is 0. The number of allylic oxidation sites excluding steroid dienone is 1. The zero-order valence-corrected chi connectivity index (χ0v) is 4.30. The van der Waals surface area contributed by atoms with Gasteiger partial charge >= 0.3 is 0 Å². The van der Waals surface area contributed by atoms with Gasteiger partial charge in [0, 0.05) is 11.4 Å². The summed E-state index contributed by atoms with van der Waals surface area (Å²) in [5, 5.41) is 0. The topological polar surface area (TPSA) is 14.1 Å². The van der Waals surface area contributed by atoms with E-state index >= 15 is 0 Å². The fraction of sp³-hybridized carbons (Fsp3) is 0.500. The lowest BCUT2D eigenvalue weighted by molar-refractivity contribution is 0.911. The third-order valence-electron chi connectivity index (χ3n) is 1.00. The summed E-state index contributed by atoms with van der Waals surface area (Å²) in [6.07, 6.45) is 9.53. The summed E-state index contributed by atoms with van der Waals surface area (Å²) in [5.74, 6) is 0. The summed E-state index contributed by atoms with van der Waals surface area (Å²) in [5.41, 5.74) is 0. The van der Waals surface area contributed by atoms with Crippen molar-refractivity contribution in [2.45, 2.75) is 19.3 Å². The molecule has 0 fully saturated rings. The third kappa shape index (κ3) is 1.53. The zero-order valence-electron chi connectivity index (χ0n) is 4.30. The molecular weight excluding hydrogens is 86.1 g/mol. The molecule has 0 unspecified atom stereocenters. The van der Waals surface area contributed by atoms with Gasteiger partial charge in [-0.3, -0.25) is 0 Å². The van der Waals surface area contributed by atoms with Crippen molar-refractivity contribution in [1.29, 1.82) is 0 Å². The molecule has 0 N–H and O–H groups in total. The molecule has 1 heterocycles. The fourth-order valence-corrected chi connectivity index (χ4v) is 0.598. The van der Waals surface area contributed by atoms with Crippen LogP contribution in [0.1, 0.15) is 19.3 Å². The van der Waals surface area contributed by atoms with Crippen LogP contribution in [0.3, 0.4) is 0 Å². The lowest BCUT2D eigenvalue weighted by Gasteiger charge is -1.76. The van der Waals surface area contributed by atoms with Crippen LogP contribution in [-0.2, 0) is 0 Å². The molecule has 1 rings (SSSR count). The molecule has 0 spiro atoms. The van der Waals surface area contributed by atoms with Gasteiger partial charge < -0.3 is 0 Å². The SMILES string of the molecule is C1=C[N+]=CCCC1. The van der Waals surface area contributed by atoms with Crippen LogP contribution in [-0.4, -0.2) is 6.21 Å². The normalized spacial score (nSPS) is 19.4. The maximum absolute atomic E-state index is 3.97. The Bertz CT molecular complexity index is 80.4. The van der Waals surface area contributed by atoms with Crippen molar-refractivity contribution < 1.29 is 0 Å². The Kier molecular flexibility index (Phi) is 1.67. The maximum atomic E-state index is 3.97. The first-order valence-corrected chi connectivity index (χ1v) is 2.67. The van der Waals surface area contributed by atoms with E-state index in [0.717, 1.165) is 6.42 Å². The second-order valence-electron chi connectivity index (χ2n) is 1.65. The highest BCUT2D eigenvalue weighted by atomic mass is 14.7. The Labute approximate surface area is 43.8 Å². The van der Waals surface area contributed by atoms with Crippen LogP contribution < -0.4 is 4.99 Å². The van der Waals surface area contributed by atoms with E-state index in [2.05, 4.69) is 11.1 Å². The average molecular weight is 95.1 g/mol. The van der Waals surface area contributed by atoms with E-state index in [1.807, 2.05) is 12.4 Å². The van der Waals surface area contributed by atoms with Crippen molar-refractivity contribution in [2.24, 2.45) is 0 Å². The minimum Gasteiger partial charge on any atom is -0.0401 e. The van der Waals surface area contributed by atoms with Gasteiger partial charge in [-0.15, -0.1) is 0 Å². The number of hydrogen-bond donors (Lipinski definition) is 0. The number of aliphatic imine (C=N–C) groups is 1. The molecule has 0 aromatic carbocycles. The molecule has 0 saturated heterocycles. The summed E-state index contributed by atoms with van der Waals surface area (Å²) >= 11 is 0. The summed E-state index contributed by atoms with van der Waals surface area (Å²) in [6, 6.07) is 0. The van der Waals surface area contributed by atoms with Crippen LogP contribution in [0.5, 0.6) is 0 Å². The van der Waals surface area contributed by atoms with E-state index in [1.165, 1.54) is 12.8 Å². The molecule has 1 radical (unpaired) electrons. The van der Waals surface area contributed by atoms with E-state index < -0.39 is 0 Å². The smallest absolute Gasteiger partial charge is 0.0401 e. The molecule has 7 heavy (non-hydrogen) atoms. The van der Waals surface area contributed by atoms with Crippen LogP contribution in [0.25, 0.3) is 0 Å². The van der Waals surface area contributed by atoms with Crippen molar-refractivity contribution in [3.8, 4) is 0 Å². The van der Waals surface area contributed by atoms with Gasteiger partial charge in [0.2, 0.25) is 12.4 Å². The first kappa shape index (κ1) is 4.57. The molecule has 1 nitrogen and oxygen atoms in total. The van der Waals surface area contributed by atoms with Gasteiger partial charge in [0.1, 0.15) is 0 Å². The van der Waals surface area contributed by atoms with Crippen molar-refractivity contribution >= 4 is 6.21 Å². The summed E-state index contributed by atoms with van der Waals surface area (Å²) in [4.78, 5) is 3.97. The molecular formula is C6H9N+. The van der Waals surface area contributed by atoms with E-state index in [1.54, 1.807) is 0 Å². The molecule has 0 atom stereocenters. The van der Waals surface area contributed by atoms with E-state index in [9.17, 15) is 0 Å². The first-order valence-electron chi connectivity index (χ1n) is 2.67. The predicted molar refractivity (Wildman–Crippen MR) is 31.2 cm³/mol. The molecule has 0 aliphatic carbocycles. The molecule has 1 heteroatoms. The van der Waals surface area contributed by atoms with Gasteiger partial charge in [-0.05, 0) is 18.9 Å². The Hall–Kier alpha value is -0.590. The van der Waals surface area contributed by atoms with Gasteiger partial charge in [0.25, 0.3) is 0 Å². The first-order chi connectivity index (χ1) is 3.50. The fourth-order valence-electron chi connectivity index (χ4n) is 0.598. The van der Waals surface area contributed by atoms with Gasteiger partial charge in [-0.1, -0.05) is 0 Å². The minimum absolute atomic E-state index is 1.15. The Balaban J connectivity index is 2.39. The lowest BCUT2D eigenvalue weighted by Crippen LogP contribution is -1.77. The van der Waals surface area contributed by atoms with Crippen LogP contribution in [0.2, 0.25) is 0 Å². The highest BCUT2D eigenvalue weighted by molar-refractivity contribution is 5.56. The van der Waals surface area contributed by atoms with Gasteiger partial charge in [-0.2, -0.15) is 0 Å². The molecule has 0 amide bonds. The highest BCUT2D eigenvalue weighted by Crippen LogP contribution is 1.94.